The summed E-state index contributed by atoms with van der Waals surface area (Å²) in [5.74, 6) is -8.02. The number of rotatable bonds is 25. The number of nitrogens with zero attached hydrogens (tertiary/aromatic N) is 2. The number of nitrogens with one attached hydrogen (secondary N) is 5. The van der Waals surface area contributed by atoms with Crippen LogP contribution in [0.5, 0.6) is 0 Å². The maximum atomic E-state index is 13.7. The van der Waals surface area contributed by atoms with E-state index in [1.807, 2.05) is 0 Å². The van der Waals surface area contributed by atoms with E-state index >= 15 is 0 Å². The van der Waals surface area contributed by atoms with Crippen molar-refractivity contribution in [3.05, 3.63) is 36.0 Å². The Morgan fingerprint density at radius 1 is 0.636 bits per heavy atom. The van der Waals surface area contributed by atoms with Crippen molar-refractivity contribution in [1.29, 1.82) is 0 Å². The summed E-state index contributed by atoms with van der Waals surface area (Å²) in [4.78, 5) is 99.2. The van der Waals surface area contributed by atoms with Crippen molar-refractivity contribution >= 4 is 64.4 Å². The molecule has 0 unspecified atom stereocenters. The molecule has 1 aromatic carbocycles. The number of benzene rings is 1. The van der Waals surface area contributed by atoms with E-state index in [0.29, 0.717) is 5.56 Å². The Morgan fingerprint density at radius 2 is 1.09 bits per heavy atom. The van der Waals surface area contributed by atoms with Gasteiger partial charge in [-0.15, -0.1) is 0 Å². The van der Waals surface area contributed by atoms with Crippen molar-refractivity contribution in [2.24, 2.45) is 38.7 Å². The number of nitrogens with two attached hydrogens (primary N) is 5. The first-order chi connectivity index (χ1) is 26.0. The minimum Gasteiger partial charge on any atom is -0.481 e. The zero-order valence-electron chi connectivity index (χ0n) is 30.0. The van der Waals surface area contributed by atoms with Gasteiger partial charge in [0, 0.05) is 49.5 Å². The standard InChI is InChI=1S/C33H50N12O10/c34-19(9-11-25(46)47)27(50)42-21(7-3-13-39-32(35)36)28(51)44-23(10-12-26(48)49)30(53)43-22(8-4-14-40-33(37)38)29(52)45-24(31(54)55)15-17-16-41-20-6-2-1-5-18(17)20/h1-2,5-6,16,19,21-24,41H,3-4,7-15,34H2,(H,42,50)(H,43,53)(H,44,51)(H,45,52)(H,46,47)(H,48,49)(H,54,55)(H4,35,36,39)(H4,37,38,40)/t19-,21-,22-,23-,24-/m0/s1. The minimum atomic E-state index is -1.57. The number of hydrogen-bond donors (Lipinski definition) is 13. The predicted molar refractivity (Wildman–Crippen MR) is 199 cm³/mol. The van der Waals surface area contributed by atoms with Crippen molar-refractivity contribution in [3.63, 3.8) is 0 Å². The Bertz CT molecular complexity index is 1720. The molecule has 1 aromatic heterocycles. The molecule has 4 amide bonds. The van der Waals surface area contributed by atoms with Gasteiger partial charge in [0.25, 0.3) is 0 Å². The zero-order chi connectivity index (χ0) is 41.1. The average molecular weight is 775 g/mol. The molecule has 0 aliphatic rings. The Balaban J connectivity index is 2.33. The number of aliphatic carboxylic acids is 3. The molecule has 22 heteroatoms. The third-order valence-electron chi connectivity index (χ3n) is 8.16. The zero-order valence-corrected chi connectivity index (χ0v) is 30.0. The molecule has 0 aliphatic carbocycles. The molecule has 0 aliphatic heterocycles. The summed E-state index contributed by atoms with van der Waals surface area (Å²) >= 11 is 0. The van der Waals surface area contributed by atoms with Crippen LogP contribution in [-0.2, 0) is 40.0 Å². The lowest BCUT2D eigenvalue weighted by Gasteiger charge is -2.26. The number of fused-ring (bicyclic) bond motifs is 1. The molecule has 2 rings (SSSR count). The van der Waals surface area contributed by atoms with E-state index in [9.17, 15) is 43.8 Å². The summed E-state index contributed by atoms with van der Waals surface area (Å²) in [5, 5.41) is 38.8. The summed E-state index contributed by atoms with van der Waals surface area (Å²) < 4.78 is 0. The van der Waals surface area contributed by atoms with Gasteiger partial charge in [0.1, 0.15) is 24.2 Å². The quantitative estimate of drug-likeness (QED) is 0.0270. The third kappa shape index (κ3) is 16.4. The van der Waals surface area contributed by atoms with Gasteiger partial charge in [0.15, 0.2) is 11.9 Å². The lowest BCUT2D eigenvalue weighted by atomic mass is 10.0. The molecule has 0 radical (unpaired) electrons. The molecule has 302 valence electrons. The van der Waals surface area contributed by atoms with Crippen LogP contribution in [0.4, 0.5) is 0 Å². The number of carbonyl (C=O) groups is 7. The molecule has 55 heavy (non-hydrogen) atoms. The van der Waals surface area contributed by atoms with Crippen LogP contribution in [0.1, 0.15) is 56.9 Å². The summed E-state index contributed by atoms with van der Waals surface area (Å²) in [7, 11) is 0. The van der Waals surface area contributed by atoms with Crippen LogP contribution in [0.25, 0.3) is 10.9 Å². The summed E-state index contributed by atoms with van der Waals surface area (Å²) in [6.07, 6.45) is -0.142. The molecular weight excluding hydrogens is 724 g/mol. The van der Waals surface area contributed by atoms with Crippen LogP contribution in [0, 0.1) is 0 Å². The van der Waals surface area contributed by atoms with E-state index in [-0.39, 0.29) is 63.5 Å². The van der Waals surface area contributed by atoms with E-state index in [4.69, 9.17) is 33.8 Å². The number of carbonyl (C=O) groups excluding carboxylic acids is 4. The number of para-hydroxylation sites is 1. The second-order valence-electron chi connectivity index (χ2n) is 12.5. The molecule has 0 saturated carbocycles. The second kappa shape index (κ2) is 22.6. The molecule has 0 bridgehead atoms. The van der Waals surface area contributed by atoms with Gasteiger partial charge in [-0.25, -0.2) is 4.79 Å². The number of H-pyrrole nitrogens is 1. The van der Waals surface area contributed by atoms with Crippen molar-refractivity contribution in [2.75, 3.05) is 13.1 Å². The van der Waals surface area contributed by atoms with Crippen LogP contribution in [0.2, 0.25) is 0 Å². The van der Waals surface area contributed by atoms with Gasteiger partial charge < -0.3 is 70.2 Å². The minimum absolute atomic E-state index is 0.0364. The van der Waals surface area contributed by atoms with Crippen molar-refractivity contribution in [2.45, 2.75) is 88.0 Å². The monoisotopic (exact) mass is 774 g/mol. The number of amides is 4. The maximum Gasteiger partial charge on any atom is 0.326 e. The van der Waals surface area contributed by atoms with E-state index in [0.717, 1.165) is 10.9 Å². The third-order valence-corrected chi connectivity index (χ3v) is 8.16. The lowest BCUT2D eigenvalue weighted by molar-refractivity contribution is -0.142. The fourth-order valence-corrected chi connectivity index (χ4v) is 5.31. The molecule has 5 atom stereocenters. The molecule has 0 spiro atoms. The predicted octanol–water partition coefficient (Wildman–Crippen LogP) is -3.10. The smallest absolute Gasteiger partial charge is 0.326 e. The first-order valence-electron chi connectivity index (χ1n) is 17.3. The maximum absolute atomic E-state index is 13.7. The summed E-state index contributed by atoms with van der Waals surface area (Å²) in [6, 6.07) is 0.0768. The molecule has 18 N–H and O–H groups in total. The van der Waals surface area contributed by atoms with E-state index in [2.05, 4.69) is 36.2 Å². The number of hydrogen-bond acceptors (Lipinski definition) is 10. The number of aliphatic imine (C=N–C) groups is 2. The molecule has 1 heterocycles. The van der Waals surface area contributed by atoms with E-state index in [1.54, 1.807) is 30.5 Å². The van der Waals surface area contributed by atoms with Crippen molar-refractivity contribution in [1.82, 2.24) is 26.3 Å². The van der Waals surface area contributed by atoms with Crippen molar-refractivity contribution < 1.29 is 48.9 Å². The summed E-state index contributed by atoms with van der Waals surface area (Å²) in [5.41, 5.74) is 28.7. The number of guanidine groups is 2. The largest absolute Gasteiger partial charge is 0.481 e. The Hall–Kier alpha value is -6.45. The molecule has 2 aromatic rings. The van der Waals surface area contributed by atoms with Crippen molar-refractivity contribution in [3.8, 4) is 0 Å². The topological polar surface area (TPSA) is 399 Å². The highest BCUT2D eigenvalue weighted by Gasteiger charge is 2.32. The van der Waals surface area contributed by atoms with Gasteiger partial charge in [-0.3, -0.25) is 38.8 Å². The molecule has 22 nitrogen and oxygen atoms in total. The second-order valence-corrected chi connectivity index (χ2v) is 12.5. The van der Waals surface area contributed by atoms with Gasteiger partial charge in [0.2, 0.25) is 23.6 Å². The van der Waals surface area contributed by atoms with Crippen LogP contribution in [-0.4, -0.2) is 117 Å². The average Bonchev–Trinajstić information content (AvgIpc) is 3.52. The fourth-order valence-electron chi connectivity index (χ4n) is 5.31. The fraction of sp³-hybridized carbons (Fsp3) is 0.485. The van der Waals surface area contributed by atoms with Gasteiger partial charge >= 0.3 is 17.9 Å². The van der Waals surface area contributed by atoms with Crippen LogP contribution < -0.4 is 49.9 Å². The Kier molecular flexibility index (Phi) is 18.4. The van der Waals surface area contributed by atoms with Gasteiger partial charge in [-0.05, 0) is 50.2 Å². The van der Waals surface area contributed by atoms with Gasteiger partial charge in [-0.2, -0.15) is 0 Å². The number of carboxylic acids is 3. The van der Waals surface area contributed by atoms with Crippen LogP contribution in [0.15, 0.2) is 40.4 Å². The Labute approximate surface area is 315 Å². The summed E-state index contributed by atoms with van der Waals surface area (Å²) in [6.45, 7) is 0.0823. The first-order valence-corrected chi connectivity index (χ1v) is 17.3. The van der Waals surface area contributed by atoms with Gasteiger partial charge in [0.05, 0.1) is 6.04 Å². The molecular formula is C33H50N12O10. The number of aromatic nitrogens is 1. The lowest BCUT2D eigenvalue weighted by Crippen LogP contribution is -2.58. The highest BCUT2D eigenvalue weighted by Crippen LogP contribution is 2.19. The van der Waals surface area contributed by atoms with E-state index in [1.165, 1.54) is 0 Å². The number of aromatic amines is 1. The van der Waals surface area contributed by atoms with Crippen LogP contribution in [0.3, 0.4) is 0 Å². The van der Waals surface area contributed by atoms with Crippen LogP contribution >= 0.6 is 0 Å². The van der Waals surface area contributed by atoms with Gasteiger partial charge in [-0.1, -0.05) is 18.2 Å². The SMILES string of the molecule is NC(N)=NCCC[C@H](NC(=O)[C@H](CCC(=O)O)NC(=O)[C@H](CCCN=C(N)N)NC(=O)[C@@H](N)CCC(=O)O)C(=O)N[C@@H](Cc1c[nH]c2ccccc12)C(=O)O. The molecule has 0 saturated heterocycles. The molecule has 0 fully saturated rings. The number of carboxylic acid groups (broad SMARTS) is 3. The normalized spacial score (nSPS) is 13.5. The first kappa shape index (κ1) is 44.7. The Morgan fingerprint density at radius 3 is 1.58 bits per heavy atom. The highest BCUT2D eigenvalue weighted by atomic mass is 16.4. The highest BCUT2D eigenvalue weighted by molar-refractivity contribution is 5.96. The van der Waals surface area contributed by atoms with E-state index < -0.39 is 91.0 Å².